The zero-order valence-electron chi connectivity index (χ0n) is 15.4. The first kappa shape index (κ1) is 20.4. The lowest BCUT2D eigenvalue weighted by atomic mass is 10.1. The van der Waals surface area contributed by atoms with Crippen molar-refractivity contribution in [2.45, 2.75) is 35.3 Å². The van der Waals surface area contributed by atoms with Gasteiger partial charge in [-0.1, -0.05) is 23.9 Å². The highest BCUT2D eigenvalue weighted by Crippen LogP contribution is 2.34. The average Bonchev–Trinajstić information content (AvgIpc) is 3.27. The summed E-state index contributed by atoms with van der Waals surface area (Å²) in [6, 6.07) is 6.17. The normalized spacial score (nSPS) is 23.8. The Kier molecular flexibility index (Phi) is 5.53. The molecule has 0 unspecified atom stereocenters. The lowest BCUT2D eigenvalue weighted by Crippen LogP contribution is -2.33. The number of rotatable bonds is 6. The summed E-state index contributed by atoms with van der Waals surface area (Å²) in [4.78, 5) is 23.0. The third-order valence-corrected chi connectivity index (χ3v) is 5.76. The molecule has 158 valence electrons. The Morgan fingerprint density at radius 2 is 1.97 bits per heavy atom. The minimum Gasteiger partial charge on any atom is -0.394 e. The summed E-state index contributed by atoms with van der Waals surface area (Å²) in [6.07, 6.45) is -3.07. The monoisotopic (exact) mass is 434 g/mol. The number of nitro benzene ring substituents is 1. The molecule has 13 heteroatoms. The molecule has 1 fully saturated rings. The molecule has 0 spiro atoms. The maximum atomic E-state index is 10.8. The standard InChI is InChI=1S/C17H18N6O6S/c18-17-20-14-11(19-7-22(14)16-13(26)12(25)10(5-24)29-16)15(21-17)30-6-8-1-3-9(4-2-8)23(27)28/h1-4,7,10,12-13,16,24-26H,5-6H2,(H2,18,20,21)/t10-,12-,13-,16-/m0/s1. The SMILES string of the molecule is Nc1nc(SCc2ccc([N+](=O)[O-])cc2)c2ncn([C@H]3O[C@@H](CO)[C@H](O)[C@@H]3O)c2n1. The number of aliphatic hydroxyl groups is 3. The van der Waals surface area contributed by atoms with Crippen LogP contribution in [0, 0.1) is 10.1 Å². The summed E-state index contributed by atoms with van der Waals surface area (Å²) < 4.78 is 6.97. The van der Waals surface area contributed by atoms with Crippen LogP contribution in [0.15, 0.2) is 35.6 Å². The number of aromatic nitrogens is 4. The molecular weight excluding hydrogens is 416 g/mol. The van der Waals surface area contributed by atoms with Crippen molar-refractivity contribution >= 4 is 34.6 Å². The van der Waals surface area contributed by atoms with Crippen molar-refractivity contribution in [1.29, 1.82) is 0 Å². The van der Waals surface area contributed by atoms with Crippen LogP contribution in [-0.4, -0.2) is 64.7 Å². The number of benzene rings is 1. The largest absolute Gasteiger partial charge is 0.394 e. The first-order valence-electron chi connectivity index (χ1n) is 8.87. The molecule has 2 aromatic heterocycles. The Morgan fingerprint density at radius 3 is 2.60 bits per heavy atom. The molecule has 30 heavy (non-hydrogen) atoms. The van der Waals surface area contributed by atoms with Crippen LogP contribution in [0.3, 0.4) is 0 Å². The maximum Gasteiger partial charge on any atom is 0.269 e. The number of hydrogen-bond acceptors (Lipinski definition) is 11. The van der Waals surface area contributed by atoms with Gasteiger partial charge in [0.05, 0.1) is 17.9 Å². The van der Waals surface area contributed by atoms with E-state index >= 15 is 0 Å². The Morgan fingerprint density at radius 1 is 1.23 bits per heavy atom. The van der Waals surface area contributed by atoms with Gasteiger partial charge in [0, 0.05) is 17.9 Å². The van der Waals surface area contributed by atoms with E-state index in [1.165, 1.54) is 34.8 Å². The second-order valence-electron chi connectivity index (χ2n) is 6.65. The Balaban J connectivity index is 1.60. The molecular formula is C17H18N6O6S. The summed E-state index contributed by atoms with van der Waals surface area (Å²) in [6.45, 7) is -0.450. The van der Waals surface area contributed by atoms with Crippen LogP contribution in [0.5, 0.6) is 0 Å². The van der Waals surface area contributed by atoms with Gasteiger partial charge in [-0.2, -0.15) is 4.98 Å². The Hall–Kier alpha value is -2.84. The summed E-state index contributed by atoms with van der Waals surface area (Å²) in [5, 5.41) is 40.8. The molecule has 0 aliphatic carbocycles. The number of imidazole rings is 1. The quantitative estimate of drug-likeness (QED) is 0.180. The number of nitrogens with two attached hydrogens (primary N) is 1. The van der Waals surface area contributed by atoms with E-state index in [4.69, 9.17) is 10.5 Å². The predicted octanol–water partition coefficient (Wildman–Crippen LogP) is 0.220. The number of hydrogen-bond donors (Lipinski definition) is 4. The lowest BCUT2D eigenvalue weighted by Gasteiger charge is -2.16. The van der Waals surface area contributed by atoms with Gasteiger partial charge in [-0.15, -0.1) is 0 Å². The van der Waals surface area contributed by atoms with E-state index in [-0.39, 0.29) is 11.6 Å². The van der Waals surface area contributed by atoms with Gasteiger partial charge in [-0.25, -0.2) is 9.97 Å². The minimum absolute atomic E-state index is 0.00894. The summed E-state index contributed by atoms with van der Waals surface area (Å²) in [5.74, 6) is 0.451. The van der Waals surface area contributed by atoms with Crippen molar-refractivity contribution in [1.82, 2.24) is 19.5 Å². The fourth-order valence-corrected chi connectivity index (χ4v) is 4.10. The van der Waals surface area contributed by atoms with Crippen LogP contribution in [0.2, 0.25) is 0 Å². The number of thioether (sulfide) groups is 1. The van der Waals surface area contributed by atoms with Crippen molar-refractivity contribution < 1.29 is 25.0 Å². The number of nitro groups is 1. The van der Waals surface area contributed by atoms with E-state index in [2.05, 4.69) is 15.0 Å². The molecule has 12 nitrogen and oxygen atoms in total. The van der Waals surface area contributed by atoms with Crippen molar-refractivity contribution in [3.05, 3.63) is 46.3 Å². The summed E-state index contributed by atoms with van der Waals surface area (Å²) >= 11 is 1.32. The van der Waals surface area contributed by atoms with Gasteiger partial charge in [0.15, 0.2) is 11.9 Å². The number of anilines is 1. The molecule has 1 aliphatic rings. The predicted molar refractivity (Wildman–Crippen MR) is 105 cm³/mol. The molecule has 1 aliphatic heterocycles. The zero-order chi connectivity index (χ0) is 21.4. The van der Waals surface area contributed by atoms with Crippen molar-refractivity contribution in [2.24, 2.45) is 0 Å². The maximum absolute atomic E-state index is 10.8. The molecule has 4 atom stereocenters. The lowest BCUT2D eigenvalue weighted by molar-refractivity contribution is -0.384. The Labute approximate surface area is 173 Å². The van der Waals surface area contributed by atoms with Crippen LogP contribution in [0.25, 0.3) is 11.2 Å². The van der Waals surface area contributed by atoms with Gasteiger partial charge in [-0.05, 0) is 5.56 Å². The second kappa shape index (κ2) is 8.12. The smallest absolute Gasteiger partial charge is 0.269 e. The molecule has 0 amide bonds. The highest BCUT2D eigenvalue weighted by atomic mass is 32.2. The average molecular weight is 434 g/mol. The highest BCUT2D eigenvalue weighted by molar-refractivity contribution is 7.98. The van der Waals surface area contributed by atoms with Gasteiger partial charge in [0.2, 0.25) is 5.95 Å². The van der Waals surface area contributed by atoms with E-state index in [0.29, 0.717) is 21.9 Å². The molecule has 1 aromatic carbocycles. The van der Waals surface area contributed by atoms with Crippen LogP contribution in [-0.2, 0) is 10.5 Å². The summed E-state index contributed by atoms with van der Waals surface area (Å²) in [5.41, 5.74) is 7.43. The number of ether oxygens (including phenoxy) is 1. The van der Waals surface area contributed by atoms with Gasteiger partial charge in [-0.3, -0.25) is 14.7 Å². The molecule has 1 saturated heterocycles. The fourth-order valence-electron chi connectivity index (χ4n) is 3.17. The molecule has 0 saturated carbocycles. The van der Waals surface area contributed by atoms with E-state index in [1.807, 2.05) is 0 Å². The van der Waals surface area contributed by atoms with Crippen LogP contribution in [0.1, 0.15) is 11.8 Å². The van der Waals surface area contributed by atoms with Crippen molar-refractivity contribution in [3.63, 3.8) is 0 Å². The van der Waals surface area contributed by atoms with Gasteiger partial charge in [0.25, 0.3) is 5.69 Å². The van der Waals surface area contributed by atoms with Crippen LogP contribution in [0.4, 0.5) is 11.6 Å². The zero-order valence-corrected chi connectivity index (χ0v) is 16.2. The molecule has 0 radical (unpaired) electrons. The molecule has 3 aromatic rings. The topological polar surface area (TPSA) is 183 Å². The molecule has 4 rings (SSSR count). The van der Waals surface area contributed by atoms with E-state index < -0.39 is 36.1 Å². The number of aliphatic hydroxyl groups excluding tert-OH is 3. The van der Waals surface area contributed by atoms with Crippen LogP contribution < -0.4 is 5.73 Å². The van der Waals surface area contributed by atoms with Crippen molar-refractivity contribution in [3.8, 4) is 0 Å². The number of nitrogen functional groups attached to an aromatic ring is 1. The van der Waals surface area contributed by atoms with Gasteiger partial charge in [0.1, 0.15) is 28.9 Å². The van der Waals surface area contributed by atoms with Gasteiger partial charge < -0.3 is 25.8 Å². The number of fused-ring (bicyclic) bond motifs is 1. The molecule has 0 bridgehead atoms. The summed E-state index contributed by atoms with van der Waals surface area (Å²) in [7, 11) is 0. The van der Waals surface area contributed by atoms with E-state index in [9.17, 15) is 25.4 Å². The first-order valence-corrected chi connectivity index (χ1v) is 9.86. The van der Waals surface area contributed by atoms with E-state index in [1.54, 1.807) is 12.1 Å². The number of nitrogens with zero attached hydrogens (tertiary/aromatic N) is 5. The molecule has 3 heterocycles. The first-order chi connectivity index (χ1) is 14.4. The number of non-ortho nitro benzene ring substituents is 1. The van der Waals surface area contributed by atoms with Gasteiger partial charge >= 0.3 is 0 Å². The second-order valence-corrected chi connectivity index (χ2v) is 7.62. The van der Waals surface area contributed by atoms with E-state index in [0.717, 1.165) is 5.56 Å². The van der Waals surface area contributed by atoms with Crippen molar-refractivity contribution in [2.75, 3.05) is 12.3 Å². The molecule has 5 N–H and O–H groups in total. The third kappa shape index (κ3) is 3.68. The third-order valence-electron chi connectivity index (χ3n) is 4.72. The Bertz CT molecular complexity index is 1080. The fraction of sp³-hybridized carbons (Fsp3) is 0.353. The minimum atomic E-state index is -1.29. The highest BCUT2D eigenvalue weighted by Gasteiger charge is 2.44. The van der Waals surface area contributed by atoms with Crippen LogP contribution >= 0.6 is 11.8 Å².